The van der Waals surface area contributed by atoms with E-state index in [2.05, 4.69) is 30.2 Å². The molecule has 0 aliphatic rings. The Morgan fingerprint density at radius 2 is 1.24 bits per heavy atom. The van der Waals surface area contributed by atoms with Crippen LogP contribution in [0.3, 0.4) is 0 Å². The van der Waals surface area contributed by atoms with E-state index in [0.29, 0.717) is 0 Å². The van der Waals surface area contributed by atoms with Crippen LogP contribution in [0.25, 0.3) is 0 Å². The maximum absolute atomic E-state index is 6.05. The van der Waals surface area contributed by atoms with Gasteiger partial charge in [0.25, 0.3) is 0 Å². The van der Waals surface area contributed by atoms with Gasteiger partial charge in [0.2, 0.25) is 0 Å². The first-order chi connectivity index (χ1) is 8.33. The van der Waals surface area contributed by atoms with Crippen LogP contribution in [0.5, 0.6) is 0 Å². The first-order valence-electron chi connectivity index (χ1n) is 5.64. The molecule has 0 aliphatic heterocycles. The minimum atomic E-state index is -0.306. The van der Waals surface area contributed by atoms with Crippen molar-refractivity contribution >= 4 is 0 Å². The molecule has 0 bridgehead atoms. The van der Waals surface area contributed by atoms with Gasteiger partial charge in [0, 0.05) is 5.92 Å². The smallest absolute Gasteiger partial charge is 0.0772 e. The van der Waals surface area contributed by atoms with E-state index in [1.54, 1.807) is 0 Å². The van der Waals surface area contributed by atoms with E-state index < -0.39 is 0 Å². The summed E-state index contributed by atoms with van der Waals surface area (Å²) >= 11 is 0. The van der Waals surface area contributed by atoms with Gasteiger partial charge in [0.05, 0.1) is 6.04 Å². The summed E-state index contributed by atoms with van der Waals surface area (Å²) in [4.78, 5) is 0. The van der Waals surface area contributed by atoms with E-state index in [0.717, 1.165) is 11.1 Å². The maximum Gasteiger partial charge on any atom is 0.0772 e. The van der Waals surface area contributed by atoms with E-state index in [1.807, 2.05) is 36.4 Å². The van der Waals surface area contributed by atoms with Gasteiger partial charge in [-0.25, -0.2) is 0 Å². The molecule has 2 rings (SSSR count). The van der Waals surface area contributed by atoms with Gasteiger partial charge >= 0.3 is 0 Å². The van der Waals surface area contributed by atoms with Crippen molar-refractivity contribution in [1.29, 1.82) is 0 Å². The van der Waals surface area contributed by atoms with E-state index in [4.69, 9.17) is 12.2 Å². The van der Waals surface area contributed by atoms with Gasteiger partial charge in [0.1, 0.15) is 0 Å². The molecule has 0 saturated carbocycles. The lowest BCUT2D eigenvalue weighted by Gasteiger charge is -2.21. The second kappa shape index (κ2) is 5.34. The second-order valence-corrected chi connectivity index (χ2v) is 3.99. The Morgan fingerprint density at radius 1 is 0.824 bits per heavy atom. The van der Waals surface area contributed by atoms with Gasteiger partial charge < -0.3 is 5.73 Å². The fourth-order valence-corrected chi connectivity index (χ4v) is 2.02. The summed E-state index contributed by atoms with van der Waals surface area (Å²) in [6, 6.07) is 20.0. The minimum absolute atomic E-state index is 0.0578. The number of nitrogens with two attached hydrogens (primary N) is 1. The highest BCUT2D eigenvalue weighted by molar-refractivity contribution is 5.36. The van der Waals surface area contributed by atoms with Crippen LogP contribution in [-0.2, 0) is 0 Å². The quantitative estimate of drug-likeness (QED) is 0.792. The van der Waals surface area contributed by atoms with Crippen LogP contribution in [0.2, 0.25) is 0 Å². The standard InChI is InChI=1S/C16H15N/c1-2-15(17)16(13-9-5-3-6-10-13)14-11-7-4-8-12-14/h1,3-12,15-16H,17H2. The summed E-state index contributed by atoms with van der Waals surface area (Å²) < 4.78 is 0. The Morgan fingerprint density at radius 3 is 1.59 bits per heavy atom. The van der Waals surface area contributed by atoms with E-state index >= 15 is 0 Å². The molecule has 17 heavy (non-hydrogen) atoms. The highest BCUT2D eigenvalue weighted by atomic mass is 14.6. The Labute approximate surface area is 102 Å². The molecule has 1 unspecified atom stereocenters. The maximum atomic E-state index is 6.05. The zero-order valence-corrected chi connectivity index (χ0v) is 9.58. The molecular formula is C16H15N. The van der Waals surface area contributed by atoms with Gasteiger partial charge in [-0.2, -0.15) is 0 Å². The van der Waals surface area contributed by atoms with Crippen LogP contribution in [0, 0.1) is 12.3 Å². The lowest BCUT2D eigenvalue weighted by molar-refractivity contribution is 0.719. The molecule has 0 amide bonds. The summed E-state index contributed by atoms with van der Waals surface area (Å²) in [6.45, 7) is 0. The van der Waals surface area contributed by atoms with E-state index in [-0.39, 0.29) is 12.0 Å². The van der Waals surface area contributed by atoms with Gasteiger partial charge in [-0.1, -0.05) is 66.6 Å². The predicted octanol–water partition coefficient (Wildman–Crippen LogP) is 2.78. The third-order valence-corrected chi connectivity index (χ3v) is 2.87. The fraction of sp³-hybridized carbons (Fsp3) is 0.125. The SMILES string of the molecule is C#CC(N)C(c1ccccc1)c1ccccc1. The van der Waals surface area contributed by atoms with Crippen LogP contribution < -0.4 is 5.73 Å². The fourth-order valence-electron chi connectivity index (χ4n) is 2.02. The molecular weight excluding hydrogens is 206 g/mol. The lowest BCUT2D eigenvalue weighted by atomic mass is 9.86. The predicted molar refractivity (Wildman–Crippen MR) is 71.5 cm³/mol. The number of benzene rings is 2. The molecule has 2 aromatic carbocycles. The summed E-state index contributed by atoms with van der Waals surface area (Å²) in [6.07, 6.45) is 5.47. The van der Waals surface area contributed by atoms with Gasteiger partial charge in [-0.15, -0.1) is 6.42 Å². The minimum Gasteiger partial charge on any atom is -0.317 e. The molecule has 1 heteroatoms. The number of hydrogen-bond acceptors (Lipinski definition) is 1. The van der Waals surface area contributed by atoms with Crippen molar-refractivity contribution in [2.24, 2.45) is 5.73 Å². The number of rotatable bonds is 3. The highest BCUT2D eigenvalue weighted by Crippen LogP contribution is 2.26. The summed E-state index contributed by atoms with van der Waals surface area (Å²) in [5.74, 6) is 2.70. The van der Waals surface area contributed by atoms with Crippen LogP contribution in [0.15, 0.2) is 60.7 Å². The lowest BCUT2D eigenvalue weighted by Crippen LogP contribution is -2.27. The molecule has 2 N–H and O–H groups in total. The highest BCUT2D eigenvalue weighted by Gasteiger charge is 2.19. The monoisotopic (exact) mass is 221 g/mol. The van der Waals surface area contributed by atoms with Crippen molar-refractivity contribution in [2.45, 2.75) is 12.0 Å². The number of terminal acetylenes is 1. The zero-order chi connectivity index (χ0) is 12.1. The number of hydrogen-bond donors (Lipinski definition) is 1. The molecule has 0 saturated heterocycles. The molecule has 1 atom stereocenters. The molecule has 0 spiro atoms. The van der Waals surface area contributed by atoms with Crippen molar-refractivity contribution in [3.05, 3.63) is 71.8 Å². The van der Waals surface area contributed by atoms with E-state index in [9.17, 15) is 0 Å². The second-order valence-electron chi connectivity index (χ2n) is 3.99. The van der Waals surface area contributed by atoms with Crippen LogP contribution >= 0.6 is 0 Å². The molecule has 0 radical (unpaired) electrons. The Balaban J connectivity index is 2.44. The van der Waals surface area contributed by atoms with E-state index in [1.165, 1.54) is 0 Å². The zero-order valence-electron chi connectivity index (χ0n) is 9.58. The van der Waals surface area contributed by atoms with Crippen LogP contribution in [0.4, 0.5) is 0 Å². The summed E-state index contributed by atoms with van der Waals surface area (Å²) in [5, 5.41) is 0. The van der Waals surface area contributed by atoms with Gasteiger partial charge in [-0.05, 0) is 11.1 Å². The normalized spacial score (nSPS) is 12.1. The van der Waals surface area contributed by atoms with Crippen molar-refractivity contribution in [3.8, 4) is 12.3 Å². The molecule has 84 valence electrons. The topological polar surface area (TPSA) is 26.0 Å². The Bertz CT molecular complexity index is 457. The van der Waals surface area contributed by atoms with Gasteiger partial charge in [0.15, 0.2) is 0 Å². The third kappa shape index (κ3) is 2.55. The van der Waals surface area contributed by atoms with Crippen LogP contribution in [-0.4, -0.2) is 6.04 Å². The molecule has 0 aliphatic carbocycles. The van der Waals surface area contributed by atoms with Crippen molar-refractivity contribution in [2.75, 3.05) is 0 Å². The first-order valence-corrected chi connectivity index (χ1v) is 5.64. The Hall–Kier alpha value is -2.04. The molecule has 0 heterocycles. The van der Waals surface area contributed by atoms with Crippen LogP contribution in [0.1, 0.15) is 17.0 Å². The van der Waals surface area contributed by atoms with Crippen molar-refractivity contribution in [3.63, 3.8) is 0 Å². The largest absolute Gasteiger partial charge is 0.317 e. The third-order valence-electron chi connectivity index (χ3n) is 2.87. The summed E-state index contributed by atoms with van der Waals surface area (Å²) in [7, 11) is 0. The van der Waals surface area contributed by atoms with Crippen molar-refractivity contribution < 1.29 is 0 Å². The molecule has 0 aromatic heterocycles. The first kappa shape index (κ1) is 11.4. The Kier molecular flexibility index (Phi) is 3.59. The molecule has 1 nitrogen and oxygen atoms in total. The average Bonchev–Trinajstić information content (AvgIpc) is 2.41. The van der Waals surface area contributed by atoms with Crippen molar-refractivity contribution in [1.82, 2.24) is 0 Å². The summed E-state index contributed by atoms with van der Waals surface area (Å²) in [5.41, 5.74) is 8.36. The molecule has 0 fully saturated rings. The molecule has 2 aromatic rings. The average molecular weight is 221 g/mol. The van der Waals surface area contributed by atoms with Gasteiger partial charge in [-0.3, -0.25) is 0 Å².